The van der Waals surface area contributed by atoms with Gasteiger partial charge in [0.25, 0.3) is 0 Å². The summed E-state index contributed by atoms with van der Waals surface area (Å²) in [4.78, 5) is 40.9. The smallest absolute Gasteiger partial charge is 0.337 e. The fraction of sp³-hybridized carbons (Fsp3) is 0.727. The van der Waals surface area contributed by atoms with E-state index in [2.05, 4.69) is 10.0 Å². The molecule has 3 heterocycles. The van der Waals surface area contributed by atoms with E-state index >= 15 is 0 Å². The van der Waals surface area contributed by atoms with Gasteiger partial charge in [-0.15, -0.1) is 0 Å². The summed E-state index contributed by atoms with van der Waals surface area (Å²) in [6.07, 6.45) is -10.6. The molecule has 0 aliphatic carbocycles. The second-order valence-electron chi connectivity index (χ2n) is 14.4. The first-order valence-corrected chi connectivity index (χ1v) is 19.4. The molecular formula is C33H49N3O13Si. The maximum Gasteiger partial charge on any atom is 0.337 e. The number of methoxy groups -OCH3 is 1. The normalized spacial score (nSPS) is 32.3. The fourth-order valence-electron chi connectivity index (χ4n) is 5.74. The lowest BCUT2D eigenvalue weighted by Crippen LogP contribution is -2.66. The van der Waals surface area contributed by atoms with Crippen LogP contribution in [0.25, 0.3) is 10.4 Å². The largest absolute Gasteiger partial charge is 0.467 e. The Hall–Kier alpha value is -3.12. The van der Waals surface area contributed by atoms with Crippen LogP contribution in [0.4, 0.5) is 0 Å². The predicted molar refractivity (Wildman–Crippen MR) is 176 cm³/mol. The summed E-state index contributed by atoms with van der Waals surface area (Å²) < 4.78 is 60.7. The van der Waals surface area contributed by atoms with Gasteiger partial charge in [0, 0.05) is 18.8 Å². The minimum absolute atomic E-state index is 0.0884. The van der Waals surface area contributed by atoms with E-state index in [-0.39, 0.29) is 18.3 Å². The van der Waals surface area contributed by atoms with E-state index in [0.29, 0.717) is 0 Å². The van der Waals surface area contributed by atoms with Crippen molar-refractivity contribution in [2.45, 2.75) is 140 Å². The molecule has 3 fully saturated rings. The maximum atomic E-state index is 13.3. The van der Waals surface area contributed by atoms with E-state index < -0.39 is 93.4 Å². The lowest BCUT2D eigenvalue weighted by atomic mass is 9.95. The fourth-order valence-corrected chi connectivity index (χ4v) is 7.06. The van der Waals surface area contributed by atoms with Crippen molar-refractivity contribution in [3.05, 3.63) is 46.3 Å². The number of hydrogen-bond acceptors (Lipinski definition) is 14. The van der Waals surface area contributed by atoms with Crippen LogP contribution in [0.2, 0.25) is 18.1 Å². The number of carbonyl (C=O) groups excluding carboxylic acids is 3. The zero-order valence-corrected chi connectivity index (χ0v) is 31.2. The number of rotatable bonds is 12. The van der Waals surface area contributed by atoms with E-state index in [1.54, 1.807) is 13.8 Å². The molecule has 16 nitrogen and oxygen atoms in total. The summed E-state index contributed by atoms with van der Waals surface area (Å²) in [7, 11) is -1.44. The van der Waals surface area contributed by atoms with Gasteiger partial charge in [-0.1, -0.05) is 56.2 Å². The number of benzene rings is 1. The number of ether oxygens (including phenoxy) is 9. The third-order valence-corrected chi connectivity index (χ3v) is 13.6. The van der Waals surface area contributed by atoms with Crippen LogP contribution in [0.15, 0.2) is 35.4 Å². The number of nitrogens with zero attached hydrogens (tertiary/aromatic N) is 3. The van der Waals surface area contributed by atoms with Crippen molar-refractivity contribution < 1.29 is 61.4 Å². The molecule has 0 aromatic heterocycles. The molecule has 50 heavy (non-hydrogen) atoms. The van der Waals surface area contributed by atoms with Gasteiger partial charge in [0.2, 0.25) is 0 Å². The predicted octanol–water partition coefficient (Wildman–Crippen LogP) is 4.30. The highest BCUT2D eigenvalue weighted by Gasteiger charge is 2.60. The summed E-state index contributed by atoms with van der Waals surface area (Å²) in [5.41, 5.74) is 10.6. The first kappa shape index (κ1) is 39.7. The van der Waals surface area contributed by atoms with Gasteiger partial charge in [-0.3, -0.25) is 9.59 Å². The van der Waals surface area contributed by atoms with Crippen LogP contribution < -0.4 is 0 Å². The average molecular weight is 724 g/mol. The van der Waals surface area contributed by atoms with Crippen LogP contribution in [0.5, 0.6) is 0 Å². The van der Waals surface area contributed by atoms with E-state index in [4.69, 9.17) is 47.1 Å². The van der Waals surface area contributed by atoms with Gasteiger partial charge < -0.3 is 47.1 Å². The Morgan fingerprint density at radius 1 is 0.980 bits per heavy atom. The Bertz CT molecular complexity index is 1400. The average Bonchev–Trinajstić information content (AvgIpc) is 3.34. The molecule has 3 saturated heterocycles. The monoisotopic (exact) mass is 723 g/mol. The molecule has 0 N–H and O–H groups in total. The molecular weight excluding hydrogens is 674 g/mol. The quantitative estimate of drug-likeness (QED) is 0.0741. The Balaban J connectivity index is 1.79. The van der Waals surface area contributed by atoms with Crippen molar-refractivity contribution in [2.24, 2.45) is 5.11 Å². The molecule has 0 bridgehead atoms. The van der Waals surface area contributed by atoms with E-state index in [1.165, 1.54) is 21.0 Å². The highest BCUT2D eigenvalue weighted by atomic mass is 28.4. The molecule has 17 heteroatoms. The third-order valence-electron chi connectivity index (χ3n) is 9.11. The van der Waals surface area contributed by atoms with Crippen LogP contribution >= 0.6 is 0 Å². The molecule has 10 atom stereocenters. The molecule has 0 radical (unpaired) electrons. The van der Waals surface area contributed by atoms with Gasteiger partial charge in [0.15, 0.2) is 32.8 Å². The Morgan fingerprint density at radius 2 is 1.66 bits per heavy atom. The summed E-state index contributed by atoms with van der Waals surface area (Å²) in [5, 5.41) is 3.66. The van der Waals surface area contributed by atoms with Gasteiger partial charge in [-0.25, -0.2) is 4.79 Å². The first-order chi connectivity index (χ1) is 23.4. The third kappa shape index (κ3) is 9.40. The number of azide groups is 1. The van der Waals surface area contributed by atoms with Crippen molar-refractivity contribution in [3.63, 3.8) is 0 Å². The van der Waals surface area contributed by atoms with Gasteiger partial charge >= 0.3 is 17.9 Å². The van der Waals surface area contributed by atoms with Gasteiger partial charge in [0.05, 0.1) is 13.7 Å². The SMILES string of the molecule is COC(=O)[C@@H]1O[C@@H]2OC(C)(C)O[C@@H]2[C@@H](OCc2ccccc2)[C@@H]1O[C@H]1O[C@H](COC(C)=O)[C@@H](O[Si](C)(C)C(C)(C)C)[C@H](OC(C)=O)[C@H]1N=[N+]=[N-]. The van der Waals surface area contributed by atoms with Crippen molar-refractivity contribution in [1.29, 1.82) is 0 Å². The van der Waals surface area contributed by atoms with Crippen LogP contribution in [-0.4, -0.2) is 107 Å². The molecule has 0 saturated carbocycles. The summed E-state index contributed by atoms with van der Waals surface area (Å²) in [5.74, 6) is -3.20. The maximum absolute atomic E-state index is 13.3. The second kappa shape index (κ2) is 16.0. The van der Waals surface area contributed by atoms with Gasteiger partial charge in [-0.2, -0.15) is 0 Å². The highest BCUT2D eigenvalue weighted by Crippen LogP contribution is 2.43. The van der Waals surface area contributed by atoms with E-state index in [0.717, 1.165) is 5.56 Å². The van der Waals surface area contributed by atoms with Crippen molar-refractivity contribution in [3.8, 4) is 0 Å². The van der Waals surface area contributed by atoms with Crippen LogP contribution in [0.1, 0.15) is 54.0 Å². The second-order valence-corrected chi connectivity index (χ2v) is 19.1. The molecule has 1 aromatic rings. The zero-order valence-electron chi connectivity index (χ0n) is 30.2. The molecule has 0 amide bonds. The molecule has 1 aromatic carbocycles. The Labute approximate surface area is 293 Å². The van der Waals surface area contributed by atoms with Gasteiger partial charge in [-0.05, 0) is 43.1 Å². The van der Waals surface area contributed by atoms with Crippen molar-refractivity contribution >= 4 is 26.2 Å². The van der Waals surface area contributed by atoms with E-state index in [9.17, 15) is 19.9 Å². The number of carbonyl (C=O) groups is 3. The minimum atomic E-state index is -2.63. The summed E-state index contributed by atoms with van der Waals surface area (Å²) >= 11 is 0. The lowest BCUT2D eigenvalue weighted by Gasteiger charge is -2.50. The molecule has 3 aliphatic heterocycles. The molecule has 0 unspecified atom stereocenters. The lowest BCUT2D eigenvalue weighted by molar-refractivity contribution is -0.326. The number of fused-ring (bicyclic) bond motifs is 1. The van der Waals surface area contributed by atoms with Crippen molar-refractivity contribution in [2.75, 3.05) is 13.7 Å². The van der Waals surface area contributed by atoms with Crippen LogP contribution in [-0.2, 0) is 68.0 Å². The summed E-state index contributed by atoms with van der Waals surface area (Å²) in [6.45, 7) is 15.7. The standard InChI is InChI=1S/C33H49N3O13Si/c1-18(37)41-17-21-23(49-50(9,10)32(3,4)5)24(43-19(2)38)22(35-36-34)30(44-21)45-26-25(42-16-20-14-12-11-13-15-20)28-31(48-33(6,7)47-28)46-27(26)29(39)40-8/h11-15,21-28,30-31H,16-17H2,1-10H3/t21-,22-,23-,24-,25+,26+,27-,28-,30-,31-/m1/s1. The number of esters is 3. The highest BCUT2D eigenvalue weighted by molar-refractivity contribution is 6.74. The zero-order chi connectivity index (χ0) is 37.0. The Kier molecular flexibility index (Phi) is 12.7. The molecule has 278 valence electrons. The summed E-state index contributed by atoms with van der Waals surface area (Å²) in [6, 6.07) is 7.97. The first-order valence-electron chi connectivity index (χ1n) is 16.5. The van der Waals surface area contributed by atoms with Crippen LogP contribution in [0.3, 0.4) is 0 Å². The Morgan fingerprint density at radius 3 is 2.24 bits per heavy atom. The van der Waals surface area contributed by atoms with E-state index in [1.807, 2.05) is 64.2 Å². The molecule has 4 rings (SSSR count). The topological polar surface area (TPSA) is 192 Å². The number of hydrogen-bond donors (Lipinski definition) is 0. The molecule has 0 spiro atoms. The van der Waals surface area contributed by atoms with Crippen molar-refractivity contribution in [1.82, 2.24) is 0 Å². The van der Waals surface area contributed by atoms with Gasteiger partial charge in [0.1, 0.15) is 49.3 Å². The van der Waals surface area contributed by atoms with Crippen LogP contribution in [0, 0.1) is 0 Å². The minimum Gasteiger partial charge on any atom is -0.467 e. The molecule has 3 aliphatic rings.